The zero-order valence-electron chi connectivity index (χ0n) is 11.8. The largest absolute Gasteiger partial charge is 0.392 e. The van der Waals surface area contributed by atoms with Gasteiger partial charge in [0.1, 0.15) is 0 Å². The summed E-state index contributed by atoms with van der Waals surface area (Å²) in [5.41, 5.74) is 0.566. The van der Waals surface area contributed by atoms with Crippen LogP contribution in [0, 0.1) is 0 Å². The van der Waals surface area contributed by atoms with Crippen LogP contribution in [-0.2, 0) is 0 Å². The van der Waals surface area contributed by atoms with E-state index < -0.39 is 0 Å². The molecule has 5 heteroatoms. The van der Waals surface area contributed by atoms with Gasteiger partial charge in [0.05, 0.1) is 16.7 Å². The molecule has 0 bridgehead atoms. The van der Waals surface area contributed by atoms with Gasteiger partial charge in [-0.15, -0.1) is 0 Å². The van der Waals surface area contributed by atoms with Crippen LogP contribution in [-0.4, -0.2) is 59.6 Å². The van der Waals surface area contributed by atoms with Gasteiger partial charge in [-0.05, 0) is 18.6 Å². The maximum Gasteiger partial charge on any atom is 0.255 e. The predicted octanol–water partition coefficient (Wildman–Crippen LogP) is 1.87. The molecule has 0 radical (unpaired) electrons. The molecule has 0 spiro atoms. The van der Waals surface area contributed by atoms with Crippen LogP contribution in [0.4, 0.5) is 0 Å². The van der Waals surface area contributed by atoms with Crippen molar-refractivity contribution in [1.29, 1.82) is 0 Å². The Labute approximate surface area is 124 Å². The van der Waals surface area contributed by atoms with Gasteiger partial charge in [0, 0.05) is 32.7 Å². The van der Waals surface area contributed by atoms with E-state index in [1.165, 1.54) is 0 Å². The second-order valence-corrected chi connectivity index (χ2v) is 5.54. The molecular formula is C15H21ClN2O2. The lowest BCUT2D eigenvalue weighted by molar-refractivity contribution is 0.0524. The Balaban J connectivity index is 1.91. The monoisotopic (exact) mass is 296 g/mol. The highest BCUT2D eigenvalue weighted by molar-refractivity contribution is 6.33. The number of piperazine rings is 1. The third kappa shape index (κ3) is 3.72. The Hall–Kier alpha value is -1.10. The van der Waals surface area contributed by atoms with Crippen molar-refractivity contribution in [2.75, 3.05) is 32.7 Å². The second-order valence-electron chi connectivity index (χ2n) is 5.13. The van der Waals surface area contributed by atoms with E-state index in [0.29, 0.717) is 30.2 Å². The first-order chi connectivity index (χ1) is 9.61. The first-order valence-electron chi connectivity index (χ1n) is 7.06. The lowest BCUT2D eigenvalue weighted by Crippen LogP contribution is -2.50. The number of hydrogen-bond acceptors (Lipinski definition) is 3. The molecule has 1 aliphatic heterocycles. The first-order valence-corrected chi connectivity index (χ1v) is 7.43. The van der Waals surface area contributed by atoms with Crippen molar-refractivity contribution in [2.45, 2.75) is 19.4 Å². The van der Waals surface area contributed by atoms with E-state index >= 15 is 0 Å². The van der Waals surface area contributed by atoms with Crippen LogP contribution in [0.5, 0.6) is 0 Å². The summed E-state index contributed by atoms with van der Waals surface area (Å²) in [6, 6.07) is 7.15. The van der Waals surface area contributed by atoms with Crippen LogP contribution in [0.3, 0.4) is 0 Å². The van der Waals surface area contributed by atoms with E-state index in [2.05, 4.69) is 4.90 Å². The summed E-state index contributed by atoms with van der Waals surface area (Å²) in [5.74, 6) is -0.00806. The number of aliphatic hydroxyl groups excluding tert-OH is 1. The molecule has 1 aromatic carbocycles. The van der Waals surface area contributed by atoms with Crippen LogP contribution >= 0.6 is 11.6 Å². The SMILES string of the molecule is CC[C@H](O)CN1CCN(C(=O)c2ccccc2Cl)CC1. The minimum Gasteiger partial charge on any atom is -0.392 e. The number of nitrogens with zero attached hydrogens (tertiary/aromatic N) is 2. The molecule has 0 aliphatic carbocycles. The van der Waals surface area contributed by atoms with Crippen molar-refractivity contribution >= 4 is 17.5 Å². The van der Waals surface area contributed by atoms with Crippen molar-refractivity contribution in [3.05, 3.63) is 34.9 Å². The van der Waals surface area contributed by atoms with Crippen LogP contribution in [0.1, 0.15) is 23.7 Å². The number of halogens is 1. The van der Waals surface area contributed by atoms with Crippen molar-refractivity contribution in [1.82, 2.24) is 9.80 Å². The summed E-state index contributed by atoms with van der Waals surface area (Å²) in [6.07, 6.45) is 0.486. The van der Waals surface area contributed by atoms with Gasteiger partial charge in [-0.1, -0.05) is 30.7 Å². The maximum absolute atomic E-state index is 12.4. The Morgan fingerprint density at radius 3 is 2.55 bits per heavy atom. The molecule has 1 N–H and O–H groups in total. The quantitative estimate of drug-likeness (QED) is 0.922. The van der Waals surface area contributed by atoms with Crippen LogP contribution in [0.15, 0.2) is 24.3 Å². The molecule has 0 aromatic heterocycles. The molecule has 1 atom stereocenters. The number of carbonyl (C=O) groups excluding carboxylic acids is 1. The Morgan fingerprint density at radius 2 is 1.95 bits per heavy atom. The van der Waals surface area contributed by atoms with E-state index in [0.717, 1.165) is 19.5 Å². The number of carbonyl (C=O) groups is 1. The molecule has 4 nitrogen and oxygen atoms in total. The van der Waals surface area contributed by atoms with Gasteiger partial charge in [-0.25, -0.2) is 0 Å². The van der Waals surface area contributed by atoms with Gasteiger partial charge in [0.2, 0.25) is 0 Å². The standard InChI is InChI=1S/C15H21ClN2O2/c1-2-12(19)11-17-7-9-18(10-8-17)15(20)13-5-3-4-6-14(13)16/h3-6,12,19H,2,7-11H2,1H3/t12-/m0/s1. The molecule has 20 heavy (non-hydrogen) atoms. The number of benzene rings is 1. The molecule has 1 aromatic rings. The van der Waals surface area contributed by atoms with Crippen molar-refractivity contribution in [2.24, 2.45) is 0 Å². The first kappa shape index (κ1) is 15.3. The number of aliphatic hydroxyl groups is 1. The van der Waals surface area contributed by atoms with Crippen LogP contribution in [0.25, 0.3) is 0 Å². The topological polar surface area (TPSA) is 43.8 Å². The second kappa shape index (κ2) is 7.07. The molecular weight excluding hydrogens is 276 g/mol. The minimum absolute atomic E-state index is 0.00806. The number of β-amino-alcohol motifs (C(OH)–C–C–N with tert-alkyl or cyclic N) is 1. The zero-order chi connectivity index (χ0) is 14.5. The van der Waals surface area contributed by atoms with E-state index in [9.17, 15) is 9.90 Å². The molecule has 1 saturated heterocycles. The van der Waals surface area contributed by atoms with Gasteiger partial charge in [-0.2, -0.15) is 0 Å². The molecule has 1 aliphatic rings. The summed E-state index contributed by atoms with van der Waals surface area (Å²) < 4.78 is 0. The van der Waals surface area contributed by atoms with E-state index in [1.807, 2.05) is 24.0 Å². The summed E-state index contributed by atoms with van der Waals surface area (Å²) >= 11 is 6.06. The lowest BCUT2D eigenvalue weighted by atomic mass is 10.1. The highest BCUT2D eigenvalue weighted by atomic mass is 35.5. The third-order valence-corrected chi connectivity index (χ3v) is 4.03. The lowest BCUT2D eigenvalue weighted by Gasteiger charge is -2.35. The number of hydrogen-bond donors (Lipinski definition) is 1. The number of amides is 1. The highest BCUT2D eigenvalue weighted by Gasteiger charge is 2.24. The van der Waals surface area contributed by atoms with E-state index in [1.54, 1.807) is 12.1 Å². The average Bonchev–Trinajstić information content (AvgIpc) is 2.47. The molecule has 110 valence electrons. The fourth-order valence-electron chi connectivity index (χ4n) is 2.37. The Morgan fingerprint density at radius 1 is 1.30 bits per heavy atom. The molecule has 0 unspecified atom stereocenters. The molecule has 2 rings (SSSR count). The van der Waals surface area contributed by atoms with Crippen molar-refractivity contribution < 1.29 is 9.90 Å². The maximum atomic E-state index is 12.4. The third-order valence-electron chi connectivity index (χ3n) is 3.70. The smallest absolute Gasteiger partial charge is 0.255 e. The predicted molar refractivity (Wildman–Crippen MR) is 80.1 cm³/mol. The summed E-state index contributed by atoms with van der Waals surface area (Å²) in [4.78, 5) is 16.4. The molecule has 1 heterocycles. The van der Waals surface area contributed by atoms with Gasteiger partial charge in [-0.3, -0.25) is 9.69 Å². The molecule has 0 saturated carbocycles. The van der Waals surface area contributed by atoms with Crippen molar-refractivity contribution in [3.8, 4) is 0 Å². The normalized spacial score (nSPS) is 18.1. The molecule has 1 amide bonds. The number of rotatable bonds is 4. The van der Waals surface area contributed by atoms with Crippen molar-refractivity contribution in [3.63, 3.8) is 0 Å². The van der Waals surface area contributed by atoms with Gasteiger partial charge in [0.15, 0.2) is 0 Å². The summed E-state index contributed by atoms with van der Waals surface area (Å²) in [7, 11) is 0. The van der Waals surface area contributed by atoms with Gasteiger partial charge >= 0.3 is 0 Å². The fourth-order valence-corrected chi connectivity index (χ4v) is 2.58. The summed E-state index contributed by atoms with van der Waals surface area (Å²) in [5, 5.41) is 10.2. The average molecular weight is 297 g/mol. The zero-order valence-corrected chi connectivity index (χ0v) is 12.5. The van der Waals surface area contributed by atoms with Gasteiger partial charge in [0.25, 0.3) is 5.91 Å². The highest BCUT2D eigenvalue weighted by Crippen LogP contribution is 2.18. The van der Waals surface area contributed by atoms with Crippen LogP contribution < -0.4 is 0 Å². The summed E-state index contributed by atoms with van der Waals surface area (Å²) in [6.45, 7) is 5.62. The Kier molecular flexibility index (Phi) is 5.40. The van der Waals surface area contributed by atoms with Gasteiger partial charge < -0.3 is 10.0 Å². The van der Waals surface area contributed by atoms with E-state index in [-0.39, 0.29) is 12.0 Å². The van der Waals surface area contributed by atoms with E-state index in [4.69, 9.17) is 11.6 Å². The fraction of sp³-hybridized carbons (Fsp3) is 0.533. The molecule has 1 fully saturated rings. The minimum atomic E-state index is -0.277. The van der Waals surface area contributed by atoms with Crippen LogP contribution in [0.2, 0.25) is 5.02 Å². The Bertz CT molecular complexity index is 459.